The van der Waals surface area contributed by atoms with Gasteiger partial charge in [-0.05, 0) is 29.8 Å². The van der Waals surface area contributed by atoms with Crippen LogP contribution < -0.4 is 9.64 Å². The van der Waals surface area contributed by atoms with Gasteiger partial charge in [-0.2, -0.15) is 5.21 Å². The molecule has 1 heterocycles. The minimum Gasteiger partial charge on any atom is -0.497 e. The number of ether oxygens (including phenoxy) is 1. The van der Waals surface area contributed by atoms with Gasteiger partial charge < -0.3 is 4.74 Å². The third-order valence-electron chi connectivity index (χ3n) is 3.69. The number of halogens is 1. The Hall–Kier alpha value is -3.19. The molecule has 7 nitrogen and oxygen atoms in total. The molecule has 0 saturated carbocycles. The van der Waals surface area contributed by atoms with E-state index in [2.05, 4.69) is 15.4 Å². The van der Waals surface area contributed by atoms with Crippen LogP contribution in [0.2, 0.25) is 5.15 Å². The van der Waals surface area contributed by atoms with E-state index < -0.39 is 11.8 Å². The highest BCUT2D eigenvalue weighted by atomic mass is 35.5. The fraction of sp³-hybridized carbons (Fsp3) is 0.111. The van der Waals surface area contributed by atoms with Crippen LogP contribution in [0.25, 0.3) is 0 Å². The molecule has 1 aromatic heterocycles. The van der Waals surface area contributed by atoms with Gasteiger partial charge in [-0.3, -0.25) is 9.59 Å². The summed E-state index contributed by atoms with van der Waals surface area (Å²) in [5.41, 5.74) is 1.05. The molecule has 0 saturated heterocycles. The molecule has 3 aromatic rings. The third-order valence-corrected chi connectivity index (χ3v) is 3.95. The summed E-state index contributed by atoms with van der Waals surface area (Å²) in [5, 5.41) is 9.57. The zero-order valence-corrected chi connectivity index (χ0v) is 14.6. The lowest BCUT2D eigenvalue weighted by atomic mass is 10.1. The number of rotatable bonds is 5. The Labute approximate surface area is 154 Å². The van der Waals surface area contributed by atoms with Gasteiger partial charge in [0.1, 0.15) is 5.75 Å². The summed E-state index contributed by atoms with van der Waals surface area (Å²) in [6.07, 6.45) is 0.0497. The van der Waals surface area contributed by atoms with E-state index in [-0.39, 0.29) is 17.3 Å². The Morgan fingerprint density at radius 3 is 2.35 bits per heavy atom. The van der Waals surface area contributed by atoms with Crippen molar-refractivity contribution in [3.05, 3.63) is 71.0 Å². The van der Waals surface area contributed by atoms with Crippen molar-refractivity contribution in [3.63, 3.8) is 0 Å². The number of methoxy groups -OCH3 is 1. The Kier molecular flexibility index (Phi) is 5.28. The van der Waals surface area contributed by atoms with Crippen molar-refractivity contribution in [2.24, 2.45) is 0 Å². The molecule has 0 aliphatic carbocycles. The second-order valence-electron chi connectivity index (χ2n) is 5.36. The van der Waals surface area contributed by atoms with E-state index >= 15 is 0 Å². The number of nitrogens with zero attached hydrogens (tertiary/aromatic N) is 3. The minimum absolute atomic E-state index is 0.0497. The zero-order valence-electron chi connectivity index (χ0n) is 13.8. The zero-order chi connectivity index (χ0) is 18.5. The molecule has 0 aliphatic rings. The minimum atomic E-state index is -0.658. The largest absolute Gasteiger partial charge is 0.497 e. The van der Waals surface area contributed by atoms with Crippen LogP contribution in [0.3, 0.4) is 0 Å². The highest BCUT2D eigenvalue weighted by molar-refractivity contribution is 6.34. The van der Waals surface area contributed by atoms with Crippen molar-refractivity contribution >= 4 is 29.1 Å². The summed E-state index contributed by atoms with van der Waals surface area (Å²) in [6.45, 7) is 0. The van der Waals surface area contributed by atoms with Crippen LogP contribution in [-0.4, -0.2) is 34.3 Å². The third kappa shape index (κ3) is 3.73. The fourth-order valence-electron chi connectivity index (χ4n) is 2.42. The highest BCUT2D eigenvalue weighted by Crippen LogP contribution is 2.23. The number of nitrogens with one attached hydrogen (secondary N) is 1. The number of carbonyl (C=O) groups is 2. The average molecular weight is 371 g/mol. The molecule has 1 N–H and O–H groups in total. The quantitative estimate of drug-likeness (QED) is 0.746. The van der Waals surface area contributed by atoms with Gasteiger partial charge in [0.25, 0.3) is 5.91 Å². The summed E-state index contributed by atoms with van der Waals surface area (Å²) in [6, 6.07) is 15.7. The number of carbonyl (C=O) groups excluding carboxylic acids is 2. The number of anilines is 1. The fourth-order valence-corrected chi connectivity index (χ4v) is 2.58. The number of imide groups is 1. The van der Waals surface area contributed by atoms with E-state index in [4.69, 9.17) is 16.3 Å². The van der Waals surface area contributed by atoms with Gasteiger partial charge in [0, 0.05) is 0 Å². The molecule has 0 unspecified atom stereocenters. The highest BCUT2D eigenvalue weighted by Gasteiger charge is 2.28. The molecule has 0 fully saturated rings. The molecule has 0 radical (unpaired) electrons. The SMILES string of the molecule is COc1ccc(N(C(=O)Cc2ccccc2)C(=O)c2n[nH]nc2Cl)cc1. The molecule has 2 amide bonds. The van der Waals surface area contributed by atoms with E-state index in [1.54, 1.807) is 24.3 Å². The van der Waals surface area contributed by atoms with Crippen LogP contribution in [0.5, 0.6) is 5.75 Å². The van der Waals surface area contributed by atoms with Gasteiger partial charge in [-0.1, -0.05) is 41.9 Å². The maximum absolute atomic E-state index is 12.9. The Balaban J connectivity index is 1.96. The van der Waals surface area contributed by atoms with Gasteiger partial charge in [0.15, 0.2) is 10.8 Å². The number of amides is 2. The average Bonchev–Trinajstić information content (AvgIpc) is 3.09. The van der Waals surface area contributed by atoms with Gasteiger partial charge >= 0.3 is 0 Å². The van der Waals surface area contributed by atoms with Crippen LogP contribution in [-0.2, 0) is 11.2 Å². The molecule has 0 atom stereocenters. The summed E-state index contributed by atoms with van der Waals surface area (Å²) >= 11 is 5.90. The number of aromatic nitrogens is 3. The second-order valence-corrected chi connectivity index (χ2v) is 5.72. The van der Waals surface area contributed by atoms with Gasteiger partial charge in [-0.15, -0.1) is 10.2 Å². The van der Waals surface area contributed by atoms with E-state index in [9.17, 15) is 9.59 Å². The first kappa shape index (κ1) is 17.6. The maximum Gasteiger partial charge on any atom is 0.288 e. The molecule has 26 heavy (non-hydrogen) atoms. The number of H-pyrrole nitrogens is 1. The van der Waals surface area contributed by atoms with Gasteiger partial charge in [-0.25, -0.2) is 4.90 Å². The lowest BCUT2D eigenvalue weighted by Gasteiger charge is -2.20. The predicted molar refractivity (Wildman–Crippen MR) is 96.3 cm³/mol. The lowest BCUT2D eigenvalue weighted by molar-refractivity contribution is -0.117. The molecule has 0 aliphatic heterocycles. The number of benzene rings is 2. The van der Waals surface area contributed by atoms with Crippen LogP contribution in [0.1, 0.15) is 16.1 Å². The smallest absolute Gasteiger partial charge is 0.288 e. The maximum atomic E-state index is 12.9. The molecular weight excluding hydrogens is 356 g/mol. The second kappa shape index (κ2) is 7.79. The van der Waals surface area contributed by atoms with E-state index in [1.807, 2.05) is 30.3 Å². The predicted octanol–water partition coefficient (Wildman–Crippen LogP) is 2.88. The van der Waals surface area contributed by atoms with Crippen molar-refractivity contribution < 1.29 is 14.3 Å². The number of aromatic amines is 1. The molecule has 2 aromatic carbocycles. The first-order valence-electron chi connectivity index (χ1n) is 7.71. The first-order valence-corrected chi connectivity index (χ1v) is 8.09. The molecule has 132 valence electrons. The van der Waals surface area contributed by atoms with Gasteiger partial charge in [0.05, 0.1) is 19.2 Å². The molecule has 0 spiro atoms. The number of hydrogen-bond donors (Lipinski definition) is 1. The van der Waals surface area contributed by atoms with E-state index in [0.717, 1.165) is 10.5 Å². The monoisotopic (exact) mass is 370 g/mol. The molecule has 0 bridgehead atoms. The van der Waals surface area contributed by atoms with Crippen LogP contribution in [0.15, 0.2) is 54.6 Å². The van der Waals surface area contributed by atoms with Crippen molar-refractivity contribution in [1.29, 1.82) is 0 Å². The summed E-state index contributed by atoms with van der Waals surface area (Å²) in [4.78, 5) is 26.8. The molecule has 3 rings (SSSR count). The van der Waals surface area contributed by atoms with Crippen molar-refractivity contribution in [2.75, 3.05) is 12.0 Å². The van der Waals surface area contributed by atoms with Crippen molar-refractivity contribution in [2.45, 2.75) is 6.42 Å². The standard InChI is InChI=1S/C18H15ClN4O3/c1-26-14-9-7-13(8-10-14)23(18(25)16-17(19)21-22-20-16)15(24)11-12-5-3-2-4-6-12/h2-10H,11H2,1H3,(H,20,21,22). The van der Waals surface area contributed by atoms with E-state index in [0.29, 0.717) is 11.4 Å². The molecular formula is C18H15ClN4O3. The Bertz CT molecular complexity index is 910. The molecule has 8 heteroatoms. The summed E-state index contributed by atoms with van der Waals surface area (Å²) in [7, 11) is 1.54. The van der Waals surface area contributed by atoms with Crippen molar-refractivity contribution in [3.8, 4) is 5.75 Å². The summed E-state index contributed by atoms with van der Waals surface area (Å²) < 4.78 is 5.12. The van der Waals surface area contributed by atoms with Crippen LogP contribution in [0.4, 0.5) is 5.69 Å². The van der Waals surface area contributed by atoms with Crippen LogP contribution in [0, 0.1) is 0 Å². The van der Waals surface area contributed by atoms with E-state index in [1.165, 1.54) is 7.11 Å². The Morgan fingerprint density at radius 2 is 1.77 bits per heavy atom. The number of hydrogen-bond acceptors (Lipinski definition) is 5. The normalized spacial score (nSPS) is 10.4. The van der Waals surface area contributed by atoms with Gasteiger partial charge in [0.2, 0.25) is 5.91 Å². The summed E-state index contributed by atoms with van der Waals surface area (Å²) in [5.74, 6) is -0.462. The van der Waals surface area contributed by atoms with Crippen molar-refractivity contribution in [1.82, 2.24) is 15.4 Å². The first-order chi connectivity index (χ1) is 12.6. The Morgan fingerprint density at radius 1 is 1.08 bits per heavy atom. The lowest BCUT2D eigenvalue weighted by Crippen LogP contribution is -2.38. The van der Waals surface area contributed by atoms with Crippen LogP contribution >= 0.6 is 11.6 Å². The topological polar surface area (TPSA) is 88.2 Å².